The van der Waals surface area contributed by atoms with Crippen LogP contribution < -0.4 is 9.64 Å². The Hall–Kier alpha value is -1.49. The molecule has 1 aromatic carbocycles. The van der Waals surface area contributed by atoms with E-state index < -0.39 is 0 Å². The molecule has 23 heavy (non-hydrogen) atoms. The van der Waals surface area contributed by atoms with Gasteiger partial charge in [0.15, 0.2) is 11.8 Å². The van der Waals surface area contributed by atoms with Gasteiger partial charge in [0.1, 0.15) is 5.02 Å². The summed E-state index contributed by atoms with van der Waals surface area (Å²) in [6.45, 7) is 3.73. The standard InChI is InChI=1S/C16H15Cl3N2O2/c1-9-4-5-13(10(2)6-9)21(3)14(22)8-23-16-12(18)7-11(17)15(19)20-16/h4-7H,8H2,1-3H3. The summed E-state index contributed by atoms with van der Waals surface area (Å²) < 4.78 is 5.36. The van der Waals surface area contributed by atoms with Crippen LogP contribution in [0.15, 0.2) is 24.3 Å². The third kappa shape index (κ3) is 4.28. The molecule has 0 saturated heterocycles. The van der Waals surface area contributed by atoms with Gasteiger partial charge in [0.2, 0.25) is 5.88 Å². The number of likely N-dealkylation sites (N-methyl/N-ethyl adjacent to an activating group) is 1. The number of carbonyl (C=O) groups is 1. The van der Waals surface area contributed by atoms with E-state index in [0.29, 0.717) is 0 Å². The van der Waals surface area contributed by atoms with Crippen molar-refractivity contribution >= 4 is 46.4 Å². The fourth-order valence-electron chi connectivity index (χ4n) is 2.07. The topological polar surface area (TPSA) is 42.4 Å². The molecule has 1 amide bonds. The molecule has 2 aromatic rings. The van der Waals surface area contributed by atoms with Crippen LogP contribution in [0.1, 0.15) is 11.1 Å². The summed E-state index contributed by atoms with van der Waals surface area (Å²) in [5.74, 6) is -0.163. The zero-order chi connectivity index (χ0) is 17.1. The first-order chi connectivity index (χ1) is 10.8. The number of aromatic nitrogens is 1. The van der Waals surface area contributed by atoms with Gasteiger partial charge in [-0.3, -0.25) is 4.79 Å². The van der Waals surface area contributed by atoms with Gasteiger partial charge in [-0.15, -0.1) is 0 Å². The van der Waals surface area contributed by atoms with E-state index in [4.69, 9.17) is 39.5 Å². The summed E-state index contributed by atoms with van der Waals surface area (Å²) in [4.78, 5) is 17.7. The minimum Gasteiger partial charge on any atom is -0.466 e. The van der Waals surface area contributed by atoms with E-state index in [1.165, 1.54) is 11.0 Å². The second-order valence-electron chi connectivity index (χ2n) is 5.08. The van der Waals surface area contributed by atoms with Crippen molar-refractivity contribution in [3.8, 4) is 5.88 Å². The van der Waals surface area contributed by atoms with Crippen LogP contribution in [0.5, 0.6) is 5.88 Å². The smallest absolute Gasteiger partial charge is 0.264 e. The highest BCUT2D eigenvalue weighted by Crippen LogP contribution is 2.30. The third-order valence-corrected chi connectivity index (χ3v) is 4.22. The minimum absolute atomic E-state index is 0.0706. The zero-order valence-corrected chi connectivity index (χ0v) is 15.1. The fraction of sp³-hybridized carbons (Fsp3) is 0.250. The molecule has 122 valence electrons. The molecule has 0 unspecified atom stereocenters. The molecule has 1 aromatic heterocycles. The summed E-state index contributed by atoms with van der Waals surface area (Å²) in [6.07, 6.45) is 0. The third-order valence-electron chi connectivity index (χ3n) is 3.27. The van der Waals surface area contributed by atoms with Crippen molar-refractivity contribution in [1.29, 1.82) is 0 Å². The largest absolute Gasteiger partial charge is 0.466 e. The maximum atomic E-state index is 12.3. The van der Waals surface area contributed by atoms with Gasteiger partial charge in [-0.25, -0.2) is 0 Å². The highest BCUT2D eigenvalue weighted by atomic mass is 35.5. The van der Waals surface area contributed by atoms with Crippen molar-refractivity contribution in [3.63, 3.8) is 0 Å². The first-order valence-corrected chi connectivity index (χ1v) is 7.91. The van der Waals surface area contributed by atoms with Gasteiger partial charge >= 0.3 is 0 Å². The molecule has 1 heterocycles. The monoisotopic (exact) mass is 372 g/mol. The van der Waals surface area contributed by atoms with Crippen LogP contribution in [0.25, 0.3) is 0 Å². The van der Waals surface area contributed by atoms with E-state index in [1.54, 1.807) is 7.05 Å². The number of ether oxygens (including phenoxy) is 1. The highest BCUT2D eigenvalue weighted by Gasteiger charge is 2.16. The van der Waals surface area contributed by atoms with Crippen LogP contribution in [0.2, 0.25) is 15.2 Å². The molecule has 0 spiro atoms. The molecule has 0 fully saturated rings. The van der Waals surface area contributed by atoms with Gasteiger partial charge in [0.25, 0.3) is 5.91 Å². The molecular formula is C16H15Cl3N2O2. The predicted molar refractivity (Wildman–Crippen MR) is 94.1 cm³/mol. The van der Waals surface area contributed by atoms with E-state index in [0.717, 1.165) is 16.8 Å². The molecule has 0 radical (unpaired) electrons. The lowest BCUT2D eigenvalue weighted by Gasteiger charge is -2.20. The minimum atomic E-state index is -0.235. The molecule has 7 heteroatoms. The van der Waals surface area contributed by atoms with Gasteiger partial charge in [-0.05, 0) is 31.5 Å². The second-order valence-corrected chi connectivity index (χ2v) is 6.25. The maximum absolute atomic E-state index is 12.3. The lowest BCUT2D eigenvalue weighted by molar-refractivity contribution is -0.120. The second kappa shape index (κ2) is 7.39. The van der Waals surface area contributed by atoms with Crippen LogP contribution >= 0.6 is 34.8 Å². The van der Waals surface area contributed by atoms with Crippen LogP contribution in [-0.2, 0) is 4.79 Å². The van der Waals surface area contributed by atoms with Crippen LogP contribution in [-0.4, -0.2) is 24.5 Å². The number of aryl methyl sites for hydroxylation is 2. The van der Waals surface area contributed by atoms with E-state index in [1.807, 2.05) is 32.0 Å². The first-order valence-electron chi connectivity index (χ1n) is 6.77. The summed E-state index contributed by atoms with van der Waals surface area (Å²) >= 11 is 17.6. The Morgan fingerprint density at radius 3 is 2.52 bits per heavy atom. The Morgan fingerprint density at radius 1 is 1.17 bits per heavy atom. The molecular weight excluding hydrogens is 359 g/mol. The van der Waals surface area contributed by atoms with Crippen LogP contribution in [0.3, 0.4) is 0 Å². The maximum Gasteiger partial charge on any atom is 0.264 e. The van der Waals surface area contributed by atoms with Crippen molar-refractivity contribution < 1.29 is 9.53 Å². The average Bonchev–Trinajstić information content (AvgIpc) is 2.48. The molecule has 2 rings (SSSR count). The highest BCUT2D eigenvalue weighted by molar-refractivity contribution is 6.42. The number of hydrogen-bond acceptors (Lipinski definition) is 3. The van der Waals surface area contributed by atoms with Crippen molar-refractivity contribution in [2.45, 2.75) is 13.8 Å². The van der Waals surface area contributed by atoms with Crippen LogP contribution in [0.4, 0.5) is 5.69 Å². The molecule has 0 aliphatic carbocycles. The average molecular weight is 374 g/mol. The van der Waals surface area contributed by atoms with E-state index in [-0.39, 0.29) is 33.6 Å². The van der Waals surface area contributed by atoms with Gasteiger partial charge in [-0.1, -0.05) is 52.5 Å². The normalized spacial score (nSPS) is 10.5. The Labute approximate surface area is 149 Å². The van der Waals surface area contributed by atoms with E-state index >= 15 is 0 Å². The molecule has 4 nitrogen and oxygen atoms in total. The number of anilines is 1. The first kappa shape index (κ1) is 17.9. The fourth-order valence-corrected chi connectivity index (χ4v) is 2.62. The number of pyridine rings is 1. The Balaban J connectivity index is 2.09. The van der Waals surface area contributed by atoms with Crippen molar-refractivity contribution in [3.05, 3.63) is 50.6 Å². The number of halogens is 3. The van der Waals surface area contributed by atoms with Gasteiger partial charge in [-0.2, -0.15) is 4.98 Å². The lowest BCUT2D eigenvalue weighted by atomic mass is 10.1. The zero-order valence-electron chi connectivity index (χ0n) is 12.9. The molecule has 0 aliphatic heterocycles. The van der Waals surface area contributed by atoms with Crippen molar-refractivity contribution in [2.24, 2.45) is 0 Å². The van der Waals surface area contributed by atoms with Gasteiger partial charge in [0, 0.05) is 12.7 Å². The summed E-state index contributed by atoms with van der Waals surface area (Å²) in [7, 11) is 1.69. The molecule has 0 atom stereocenters. The number of rotatable bonds is 4. The molecule has 0 aliphatic rings. The summed E-state index contributed by atoms with van der Waals surface area (Å²) in [5.41, 5.74) is 2.96. The molecule has 0 saturated carbocycles. The molecule has 0 N–H and O–H groups in total. The van der Waals surface area contributed by atoms with E-state index in [2.05, 4.69) is 4.98 Å². The van der Waals surface area contributed by atoms with E-state index in [9.17, 15) is 4.79 Å². The SMILES string of the molecule is Cc1ccc(N(C)C(=O)COc2nc(Cl)c(Cl)cc2Cl)c(C)c1. The molecule has 0 bridgehead atoms. The summed E-state index contributed by atoms with van der Waals surface area (Å²) in [5, 5.41) is 0.491. The summed E-state index contributed by atoms with van der Waals surface area (Å²) in [6, 6.07) is 7.28. The Kier molecular flexibility index (Phi) is 5.74. The lowest BCUT2D eigenvalue weighted by Crippen LogP contribution is -2.32. The van der Waals surface area contributed by atoms with Crippen LogP contribution in [0, 0.1) is 13.8 Å². The quantitative estimate of drug-likeness (QED) is 0.729. The van der Waals surface area contributed by atoms with Crippen molar-refractivity contribution in [1.82, 2.24) is 4.98 Å². The number of carbonyl (C=O) groups excluding carboxylic acids is 1. The number of nitrogens with zero attached hydrogens (tertiary/aromatic N) is 2. The van der Waals surface area contributed by atoms with Crippen molar-refractivity contribution in [2.75, 3.05) is 18.6 Å². The van der Waals surface area contributed by atoms with Gasteiger partial charge in [0.05, 0.1) is 5.02 Å². The number of amides is 1. The Morgan fingerprint density at radius 2 is 1.87 bits per heavy atom. The van der Waals surface area contributed by atoms with Gasteiger partial charge < -0.3 is 9.64 Å². The number of benzene rings is 1. The predicted octanol–water partition coefficient (Wildman–Crippen LogP) is 4.70. The Bertz CT molecular complexity index is 750. The number of hydrogen-bond donors (Lipinski definition) is 0.